The first-order valence-electron chi connectivity index (χ1n) is 6.33. The van der Waals surface area contributed by atoms with E-state index in [1.165, 1.54) is 6.07 Å². The molecule has 0 saturated heterocycles. The number of hydrogen-bond donors (Lipinski definition) is 0. The molecular weight excluding hydrogens is 288 g/mol. The Morgan fingerprint density at radius 1 is 1.05 bits per heavy atom. The molecule has 2 rings (SSSR count). The summed E-state index contributed by atoms with van der Waals surface area (Å²) in [5.41, 5.74) is 1.19. The van der Waals surface area contributed by atoms with Crippen LogP contribution in [0.15, 0.2) is 52.7 Å². The third kappa shape index (κ3) is 3.69. The molecule has 0 fully saturated rings. The smallest absolute Gasteiger partial charge is 0.258 e. The van der Waals surface area contributed by atoms with Crippen molar-refractivity contribution >= 4 is 17.1 Å². The van der Waals surface area contributed by atoms with Crippen LogP contribution in [0.1, 0.15) is 11.1 Å². The monoisotopic (exact) mass is 300 g/mol. The van der Waals surface area contributed by atoms with E-state index in [0.29, 0.717) is 0 Å². The minimum atomic E-state index is -0.714. The highest BCUT2D eigenvalue weighted by Gasteiger charge is 2.19. The van der Waals surface area contributed by atoms with Gasteiger partial charge in [0.25, 0.3) is 5.69 Å². The largest absolute Gasteiger partial charge is 0.303 e. The summed E-state index contributed by atoms with van der Waals surface area (Å²) in [5.74, 6) is 0. The third-order valence-corrected chi connectivity index (χ3v) is 2.88. The molecule has 0 saturated carbocycles. The third-order valence-electron chi connectivity index (χ3n) is 2.88. The zero-order valence-corrected chi connectivity index (χ0v) is 11.7. The second kappa shape index (κ2) is 6.53. The molecule has 8 nitrogen and oxygen atoms in total. The lowest BCUT2D eigenvalue weighted by Gasteiger charge is -1.98. The highest BCUT2D eigenvalue weighted by atomic mass is 16.6. The maximum Gasteiger partial charge on any atom is 0.303 e. The van der Waals surface area contributed by atoms with Crippen molar-refractivity contribution in [1.82, 2.24) is 0 Å². The summed E-state index contributed by atoms with van der Waals surface area (Å²) >= 11 is 0. The second-order valence-electron chi connectivity index (χ2n) is 4.58. The first kappa shape index (κ1) is 15.2. The Morgan fingerprint density at radius 2 is 1.82 bits per heavy atom. The van der Waals surface area contributed by atoms with Crippen molar-refractivity contribution < 1.29 is 9.85 Å². The van der Waals surface area contributed by atoms with Crippen LogP contribution >= 0.6 is 0 Å². The van der Waals surface area contributed by atoms with Gasteiger partial charge in [-0.25, -0.2) is 0 Å². The highest BCUT2D eigenvalue weighted by molar-refractivity contribution is 5.61. The van der Waals surface area contributed by atoms with Crippen LogP contribution < -0.4 is 0 Å². The van der Waals surface area contributed by atoms with E-state index in [1.807, 2.05) is 31.2 Å². The zero-order valence-electron chi connectivity index (χ0n) is 11.7. The molecule has 0 spiro atoms. The Balaban J connectivity index is 2.23. The molecule has 0 atom stereocenters. The van der Waals surface area contributed by atoms with Gasteiger partial charge in [0.05, 0.1) is 22.5 Å². The van der Waals surface area contributed by atoms with Gasteiger partial charge < -0.3 is 0 Å². The van der Waals surface area contributed by atoms with E-state index in [1.54, 1.807) is 0 Å². The molecule has 112 valence electrons. The lowest BCUT2D eigenvalue weighted by molar-refractivity contribution is -0.393. The van der Waals surface area contributed by atoms with Gasteiger partial charge in [-0.3, -0.25) is 20.2 Å². The molecule has 0 aliphatic heterocycles. The van der Waals surface area contributed by atoms with Gasteiger partial charge in [-0.05, 0) is 18.6 Å². The van der Waals surface area contributed by atoms with Crippen LogP contribution in [-0.4, -0.2) is 9.85 Å². The van der Waals surface area contributed by atoms with Crippen molar-refractivity contribution in [3.05, 3.63) is 73.8 Å². The number of nitrogens with zero attached hydrogens (tertiary/aromatic N) is 4. The molecule has 0 bridgehead atoms. The molecule has 0 amide bonds. The summed E-state index contributed by atoms with van der Waals surface area (Å²) in [4.78, 5) is 20.2. The summed E-state index contributed by atoms with van der Waals surface area (Å²) in [6.45, 7) is 2.22. The fraction of sp³-hybridized carbons (Fsp3) is 0.143. The fourth-order valence-electron chi connectivity index (χ4n) is 1.86. The van der Waals surface area contributed by atoms with Gasteiger partial charge in [-0.1, -0.05) is 29.8 Å². The summed E-state index contributed by atoms with van der Waals surface area (Å²) in [7, 11) is 0. The van der Waals surface area contributed by atoms with E-state index < -0.39 is 15.5 Å². The molecule has 0 radical (unpaired) electrons. The average Bonchev–Trinajstić information content (AvgIpc) is 2.47. The Hall–Kier alpha value is -3.16. The number of benzene rings is 2. The van der Waals surface area contributed by atoms with Crippen molar-refractivity contribution in [1.29, 1.82) is 0 Å². The van der Waals surface area contributed by atoms with Crippen LogP contribution in [0.2, 0.25) is 0 Å². The van der Waals surface area contributed by atoms with Crippen molar-refractivity contribution in [2.24, 2.45) is 10.2 Å². The quantitative estimate of drug-likeness (QED) is 0.470. The molecule has 0 heterocycles. The maximum absolute atomic E-state index is 11.0. The molecule has 8 heteroatoms. The van der Waals surface area contributed by atoms with Crippen LogP contribution in [0.3, 0.4) is 0 Å². The molecule has 2 aromatic carbocycles. The SMILES string of the molecule is Cc1cccc(CN=Nc2ccc([N+](=O)[O-])cc2[N+](=O)[O-])c1. The summed E-state index contributed by atoms with van der Waals surface area (Å²) in [5, 5.41) is 29.3. The predicted octanol–water partition coefficient (Wildman–Crippen LogP) is 4.10. The summed E-state index contributed by atoms with van der Waals surface area (Å²) in [6.07, 6.45) is 0. The normalized spacial score (nSPS) is 10.8. The Morgan fingerprint density at radius 3 is 2.45 bits per heavy atom. The van der Waals surface area contributed by atoms with Gasteiger partial charge in [-0.2, -0.15) is 5.11 Å². The van der Waals surface area contributed by atoms with Gasteiger partial charge in [0.15, 0.2) is 5.69 Å². The van der Waals surface area contributed by atoms with Gasteiger partial charge in [0, 0.05) is 6.07 Å². The van der Waals surface area contributed by atoms with Crippen molar-refractivity contribution in [3.8, 4) is 0 Å². The first-order chi connectivity index (χ1) is 10.5. The first-order valence-corrected chi connectivity index (χ1v) is 6.33. The molecule has 0 aliphatic carbocycles. The van der Waals surface area contributed by atoms with E-state index in [2.05, 4.69) is 10.2 Å². The van der Waals surface area contributed by atoms with Crippen molar-refractivity contribution in [2.75, 3.05) is 0 Å². The van der Waals surface area contributed by atoms with Crippen LogP contribution in [-0.2, 0) is 6.54 Å². The van der Waals surface area contributed by atoms with Crippen molar-refractivity contribution in [2.45, 2.75) is 13.5 Å². The van der Waals surface area contributed by atoms with E-state index in [9.17, 15) is 20.2 Å². The highest BCUT2D eigenvalue weighted by Crippen LogP contribution is 2.31. The van der Waals surface area contributed by atoms with Gasteiger partial charge in [0.2, 0.25) is 0 Å². The molecule has 0 N–H and O–H groups in total. The fourth-order valence-corrected chi connectivity index (χ4v) is 1.86. The molecule has 2 aromatic rings. The number of aryl methyl sites for hydroxylation is 1. The molecule has 0 unspecified atom stereocenters. The second-order valence-corrected chi connectivity index (χ2v) is 4.58. The standard InChI is InChI=1S/C14H12N4O4/c1-10-3-2-4-11(7-10)9-15-16-13-6-5-12(17(19)20)8-14(13)18(21)22/h2-8H,9H2,1H3. The Bertz CT molecular complexity index is 758. The summed E-state index contributed by atoms with van der Waals surface area (Å²) < 4.78 is 0. The van der Waals surface area contributed by atoms with E-state index in [4.69, 9.17) is 0 Å². The van der Waals surface area contributed by atoms with Gasteiger partial charge in [-0.15, -0.1) is 5.11 Å². The van der Waals surface area contributed by atoms with Crippen LogP contribution in [0.4, 0.5) is 17.1 Å². The van der Waals surface area contributed by atoms with Crippen LogP contribution in [0, 0.1) is 27.2 Å². The van der Waals surface area contributed by atoms with Crippen LogP contribution in [0.5, 0.6) is 0 Å². The van der Waals surface area contributed by atoms with Crippen molar-refractivity contribution in [3.63, 3.8) is 0 Å². The predicted molar refractivity (Wildman–Crippen MR) is 79.1 cm³/mol. The van der Waals surface area contributed by atoms with Gasteiger partial charge >= 0.3 is 5.69 Å². The summed E-state index contributed by atoms with van der Waals surface area (Å²) in [6, 6.07) is 10.9. The lowest BCUT2D eigenvalue weighted by Crippen LogP contribution is -1.92. The molecule has 0 aliphatic rings. The zero-order chi connectivity index (χ0) is 16.1. The van der Waals surface area contributed by atoms with Gasteiger partial charge in [0.1, 0.15) is 0 Å². The molecule has 22 heavy (non-hydrogen) atoms. The Kier molecular flexibility index (Phi) is 4.52. The van der Waals surface area contributed by atoms with E-state index in [-0.39, 0.29) is 17.9 Å². The van der Waals surface area contributed by atoms with Crippen LogP contribution in [0.25, 0.3) is 0 Å². The maximum atomic E-state index is 11.0. The number of nitro benzene ring substituents is 2. The van der Waals surface area contributed by atoms with E-state index >= 15 is 0 Å². The number of rotatable bonds is 5. The number of non-ortho nitro benzene ring substituents is 1. The average molecular weight is 300 g/mol. The molecular formula is C14H12N4O4. The topological polar surface area (TPSA) is 111 Å². The Labute approximate surface area is 125 Å². The number of hydrogen-bond acceptors (Lipinski definition) is 6. The lowest BCUT2D eigenvalue weighted by atomic mass is 10.1. The number of nitro groups is 2. The minimum absolute atomic E-state index is 0.0109. The minimum Gasteiger partial charge on any atom is -0.258 e. The molecule has 0 aromatic heterocycles. The number of azo groups is 1. The van der Waals surface area contributed by atoms with E-state index in [0.717, 1.165) is 23.3 Å².